The number of carbonyl (C=O) groups is 1. The molecule has 0 saturated heterocycles. The van der Waals surface area contributed by atoms with Gasteiger partial charge in [-0.05, 0) is 31.9 Å². The first-order chi connectivity index (χ1) is 6.24. The molecule has 3 nitrogen and oxygen atoms in total. The lowest BCUT2D eigenvalue weighted by Gasteiger charge is -1.96. The molecule has 0 unspecified atom stereocenters. The Balaban J connectivity index is 2.95. The number of hydrogen-bond donors (Lipinski definition) is 1. The molecule has 5 heteroatoms. The van der Waals surface area contributed by atoms with Gasteiger partial charge in [0.15, 0.2) is 6.29 Å². The van der Waals surface area contributed by atoms with Gasteiger partial charge in [0.25, 0.3) is 0 Å². The average molecular weight is 304 g/mol. The van der Waals surface area contributed by atoms with Crippen molar-refractivity contribution in [3.05, 3.63) is 27.0 Å². The van der Waals surface area contributed by atoms with Crippen LogP contribution in [0.4, 0.5) is 0 Å². The predicted octanol–water partition coefficient (Wildman–Crippen LogP) is 2.90. The number of aromatic nitrogens is 2. The van der Waals surface area contributed by atoms with Crippen molar-refractivity contribution in [2.24, 2.45) is 0 Å². The highest BCUT2D eigenvalue weighted by molar-refractivity contribution is 9.11. The topological polar surface area (TPSA) is 45.8 Å². The molecule has 2 aromatic heterocycles. The monoisotopic (exact) mass is 302 g/mol. The second-order valence-electron chi connectivity index (χ2n) is 2.51. The molecule has 13 heavy (non-hydrogen) atoms. The maximum Gasteiger partial charge on any atom is 0.152 e. The fourth-order valence-electron chi connectivity index (χ4n) is 1.18. The van der Waals surface area contributed by atoms with Crippen LogP contribution in [-0.4, -0.2) is 16.3 Å². The number of nitrogens with one attached hydrogen (secondary N) is 1. The minimum atomic E-state index is 0.607. The number of halogens is 2. The summed E-state index contributed by atoms with van der Waals surface area (Å²) < 4.78 is 1.52. The van der Waals surface area contributed by atoms with Crippen molar-refractivity contribution in [2.75, 3.05) is 0 Å². The highest BCUT2D eigenvalue weighted by Crippen LogP contribution is 2.29. The fraction of sp³-hybridized carbons (Fsp3) is 0. The van der Waals surface area contributed by atoms with Gasteiger partial charge in [0.1, 0.15) is 4.60 Å². The number of carbonyl (C=O) groups excluding carboxylic acids is 1. The lowest BCUT2D eigenvalue weighted by molar-refractivity contribution is 0.112. The minimum Gasteiger partial charge on any atom is -0.359 e. The lowest BCUT2D eigenvalue weighted by Crippen LogP contribution is -1.81. The smallest absolute Gasteiger partial charge is 0.152 e. The molecule has 0 bridgehead atoms. The summed E-state index contributed by atoms with van der Waals surface area (Å²) in [6.07, 6.45) is 4.14. The highest BCUT2D eigenvalue weighted by atomic mass is 79.9. The summed E-state index contributed by atoms with van der Waals surface area (Å²) in [5.41, 5.74) is 1.49. The zero-order valence-electron chi connectivity index (χ0n) is 6.34. The Morgan fingerprint density at radius 2 is 2.23 bits per heavy atom. The number of H-pyrrole nitrogens is 1. The first kappa shape index (κ1) is 8.90. The van der Waals surface area contributed by atoms with Crippen molar-refractivity contribution in [1.29, 1.82) is 0 Å². The van der Waals surface area contributed by atoms with Gasteiger partial charge in [0.05, 0.1) is 9.99 Å². The molecule has 0 aromatic carbocycles. The SMILES string of the molecule is O=Cc1c[nH]c2c(Br)cnc(Br)c12. The van der Waals surface area contributed by atoms with E-state index in [-0.39, 0.29) is 0 Å². The first-order valence-electron chi connectivity index (χ1n) is 3.50. The minimum absolute atomic E-state index is 0.607. The Hall–Kier alpha value is -0.680. The molecular formula is C8H4Br2N2O. The van der Waals surface area contributed by atoms with Crippen LogP contribution in [0.25, 0.3) is 10.9 Å². The van der Waals surface area contributed by atoms with Crippen LogP contribution in [0.2, 0.25) is 0 Å². The van der Waals surface area contributed by atoms with E-state index in [4.69, 9.17) is 0 Å². The molecule has 0 spiro atoms. The number of hydrogen-bond acceptors (Lipinski definition) is 2. The van der Waals surface area contributed by atoms with E-state index in [2.05, 4.69) is 41.8 Å². The Morgan fingerprint density at radius 1 is 1.46 bits per heavy atom. The zero-order chi connectivity index (χ0) is 9.42. The largest absolute Gasteiger partial charge is 0.359 e. The molecule has 0 saturated carbocycles. The molecule has 1 N–H and O–H groups in total. The van der Waals surface area contributed by atoms with Gasteiger partial charge in [-0.3, -0.25) is 4.79 Å². The summed E-state index contributed by atoms with van der Waals surface area (Å²) in [5, 5.41) is 0.810. The fourth-order valence-corrected chi connectivity index (χ4v) is 2.13. The number of pyridine rings is 1. The Labute approximate surface area is 90.8 Å². The van der Waals surface area contributed by atoms with E-state index >= 15 is 0 Å². The van der Waals surface area contributed by atoms with Crippen molar-refractivity contribution >= 4 is 49.0 Å². The normalized spacial score (nSPS) is 10.6. The molecule has 0 aliphatic rings. The van der Waals surface area contributed by atoms with Gasteiger partial charge in [-0.15, -0.1) is 0 Å². The van der Waals surface area contributed by atoms with E-state index in [1.54, 1.807) is 12.4 Å². The second kappa shape index (κ2) is 3.23. The van der Waals surface area contributed by atoms with E-state index in [1.165, 1.54) is 0 Å². The number of aromatic amines is 1. The quantitative estimate of drug-likeness (QED) is 0.650. The van der Waals surface area contributed by atoms with Crippen LogP contribution in [0.3, 0.4) is 0 Å². The van der Waals surface area contributed by atoms with Gasteiger partial charge in [-0.25, -0.2) is 4.98 Å². The zero-order valence-corrected chi connectivity index (χ0v) is 9.52. The third-order valence-corrected chi connectivity index (χ3v) is 2.98. The summed E-state index contributed by atoms with van der Waals surface area (Å²) in [6, 6.07) is 0. The molecule has 66 valence electrons. The van der Waals surface area contributed by atoms with Gasteiger partial charge in [-0.2, -0.15) is 0 Å². The molecule has 2 aromatic rings. The molecule has 2 heterocycles. The van der Waals surface area contributed by atoms with Crippen molar-refractivity contribution in [2.45, 2.75) is 0 Å². The molecular weight excluding hydrogens is 300 g/mol. The summed E-state index contributed by atoms with van der Waals surface area (Å²) in [7, 11) is 0. The second-order valence-corrected chi connectivity index (χ2v) is 4.11. The number of nitrogens with zero attached hydrogens (tertiary/aromatic N) is 1. The molecule has 0 radical (unpaired) electrons. The molecule has 0 atom stereocenters. The van der Waals surface area contributed by atoms with Crippen LogP contribution in [-0.2, 0) is 0 Å². The van der Waals surface area contributed by atoms with Crippen molar-refractivity contribution in [1.82, 2.24) is 9.97 Å². The van der Waals surface area contributed by atoms with Gasteiger partial charge < -0.3 is 4.98 Å². The highest BCUT2D eigenvalue weighted by Gasteiger charge is 2.09. The van der Waals surface area contributed by atoms with Crippen LogP contribution < -0.4 is 0 Å². The third-order valence-electron chi connectivity index (χ3n) is 1.77. The first-order valence-corrected chi connectivity index (χ1v) is 5.09. The summed E-state index contributed by atoms with van der Waals surface area (Å²) in [4.78, 5) is 17.7. The van der Waals surface area contributed by atoms with E-state index in [9.17, 15) is 4.79 Å². The van der Waals surface area contributed by atoms with Gasteiger partial charge in [0, 0.05) is 23.3 Å². The average Bonchev–Trinajstić information content (AvgIpc) is 2.56. The van der Waals surface area contributed by atoms with Crippen LogP contribution in [0.1, 0.15) is 10.4 Å². The maximum atomic E-state index is 10.7. The van der Waals surface area contributed by atoms with Crippen LogP contribution in [0.5, 0.6) is 0 Å². The number of rotatable bonds is 1. The molecule has 0 fully saturated rings. The van der Waals surface area contributed by atoms with E-state index in [1.807, 2.05) is 0 Å². The lowest BCUT2D eigenvalue weighted by atomic mass is 10.2. The van der Waals surface area contributed by atoms with E-state index in [0.29, 0.717) is 10.2 Å². The summed E-state index contributed by atoms with van der Waals surface area (Å²) in [6.45, 7) is 0. The summed E-state index contributed by atoms with van der Waals surface area (Å²) >= 11 is 6.63. The Kier molecular flexibility index (Phi) is 2.21. The van der Waals surface area contributed by atoms with Crippen molar-refractivity contribution in [3.8, 4) is 0 Å². The van der Waals surface area contributed by atoms with Crippen molar-refractivity contribution < 1.29 is 4.79 Å². The van der Waals surface area contributed by atoms with Crippen LogP contribution in [0, 0.1) is 0 Å². The van der Waals surface area contributed by atoms with E-state index < -0.39 is 0 Å². The number of fused-ring (bicyclic) bond motifs is 1. The van der Waals surface area contributed by atoms with Gasteiger partial charge in [-0.1, -0.05) is 0 Å². The maximum absolute atomic E-state index is 10.7. The van der Waals surface area contributed by atoms with E-state index in [0.717, 1.165) is 21.7 Å². The molecule has 2 rings (SSSR count). The summed E-state index contributed by atoms with van der Waals surface area (Å²) in [5.74, 6) is 0. The molecule has 0 aliphatic heterocycles. The van der Waals surface area contributed by atoms with Gasteiger partial charge in [0.2, 0.25) is 0 Å². The van der Waals surface area contributed by atoms with Crippen LogP contribution >= 0.6 is 31.9 Å². The van der Waals surface area contributed by atoms with Crippen molar-refractivity contribution in [3.63, 3.8) is 0 Å². The third kappa shape index (κ3) is 1.32. The van der Waals surface area contributed by atoms with Crippen LogP contribution in [0.15, 0.2) is 21.5 Å². The molecule has 0 aliphatic carbocycles. The Bertz CT molecular complexity index is 478. The Morgan fingerprint density at radius 3 is 2.92 bits per heavy atom. The standard InChI is InChI=1S/C8H4Br2N2O/c9-5-2-12-8(10)6-4(3-13)1-11-7(5)6/h1-3,11H. The number of aldehydes is 1. The predicted molar refractivity (Wildman–Crippen MR) is 56.9 cm³/mol. The molecule has 0 amide bonds. The van der Waals surface area contributed by atoms with Gasteiger partial charge >= 0.3 is 0 Å².